The molecule has 3 heterocycles. The summed E-state index contributed by atoms with van der Waals surface area (Å²) in [4.78, 5) is 18.3. The molecule has 0 bridgehead atoms. The fourth-order valence-electron chi connectivity index (χ4n) is 4.29. The van der Waals surface area contributed by atoms with Crippen molar-refractivity contribution in [2.24, 2.45) is 11.8 Å². The van der Waals surface area contributed by atoms with Gasteiger partial charge in [0.05, 0.1) is 23.9 Å². The van der Waals surface area contributed by atoms with Gasteiger partial charge in [0.1, 0.15) is 5.75 Å². The molecular weight excluding hydrogens is 343 g/mol. The number of hydrogen-bond acceptors (Lipinski definition) is 5. The van der Waals surface area contributed by atoms with E-state index in [2.05, 4.69) is 28.5 Å². The molecule has 1 aromatic rings. The number of nitrogens with one attached hydrogen (secondary N) is 1. The van der Waals surface area contributed by atoms with Gasteiger partial charge < -0.3 is 19.9 Å². The molecule has 0 spiro atoms. The monoisotopic (exact) mass is 362 g/mol. The third-order valence-electron chi connectivity index (χ3n) is 5.88. The maximum absolute atomic E-state index is 12.2. The van der Waals surface area contributed by atoms with Gasteiger partial charge >= 0.3 is 13.1 Å². The molecule has 5 rings (SSSR count). The summed E-state index contributed by atoms with van der Waals surface area (Å²) in [5.74, 6) is 2.65. The van der Waals surface area contributed by atoms with E-state index in [1.165, 1.54) is 0 Å². The average Bonchev–Trinajstić information content (AvgIpc) is 3.04. The van der Waals surface area contributed by atoms with E-state index in [1.54, 1.807) is 17.1 Å². The molecule has 2 aliphatic carbocycles. The lowest BCUT2D eigenvalue weighted by Gasteiger charge is -2.42. The van der Waals surface area contributed by atoms with Crippen LogP contribution in [0, 0.1) is 23.2 Å². The topological polar surface area (TPSA) is 98.5 Å². The highest BCUT2D eigenvalue weighted by Crippen LogP contribution is 2.46. The lowest BCUT2D eigenvalue weighted by atomic mass is 9.68. The summed E-state index contributed by atoms with van der Waals surface area (Å²) in [6, 6.07) is 2.22. The highest BCUT2D eigenvalue weighted by Gasteiger charge is 2.40. The van der Waals surface area contributed by atoms with E-state index < -0.39 is 7.12 Å². The van der Waals surface area contributed by atoms with Gasteiger partial charge in [-0.15, -0.1) is 0 Å². The molecule has 2 amide bonds. The van der Waals surface area contributed by atoms with Crippen LogP contribution >= 0.6 is 0 Å². The van der Waals surface area contributed by atoms with Crippen LogP contribution in [0.2, 0.25) is 0 Å². The minimum absolute atomic E-state index is 0.0287. The largest absolute Gasteiger partial charge is 0.552 e. The second kappa shape index (κ2) is 6.13. The Hall–Kier alpha value is -2.79. The summed E-state index contributed by atoms with van der Waals surface area (Å²) in [5, 5.41) is 21.9. The lowest BCUT2D eigenvalue weighted by Crippen LogP contribution is -2.57. The molecule has 0 aromatic carbocycles. The number of carbonyl (C=O) groups is 1. The number of urea groups is 1. The van der Waals surface area contributed by atoms with E-state index in [9.17, 15) is 9.82 Å². The fraction of sp³-hybridized carbons (Fsp3) is 0.421. The number of rotatable bonds is 2. The van der Waals surface area contributed by atoms with Crippen molar-refractivity contribution in [3.05, 3.63) is 35.1 Å². The van der Waals surface area contributed by atoms with E-state index in [0.717, 1.165) is 41.7 Å². The summed E-state index contributed by atoms with van der Waals surface area (Å²) >= 11 is 0. The van der Waals surface area contributed by atoms with E-state index in [-0.39, 0.29) is 23.9 Å². The minimum atomic E-state index is -0.963. The first-order valence-corrected chi connectivity index (χ1v) is 9.32. The Morgan fingerprint density at radius 3 is 3.04 bits per heavy atom. The Morgan fingerprint density at radius 1 is 1.44 bits per heavy atom. The molecule has 7 nitrogen and oxygen atoms in total. The molecule has 1 saturated heterocycles. The van der Waals surface area contributed by atoms with Crippen molar-refractivity contribution in [3.63, 3.8) is 0 Å². The predicted octanol–water partition coefficient (Wildman–Crippen LogP) is 1.39. The van der Waals surface area contributed by atoms with Crippen LogP contribution in [0.5, 0.6) is 5.75 Å². The highest BCUT2D eigenvalue weighted by atomic mass is 16.5. The minimum Gasteiger partial charge on any atom is -0.531 e. The van der Waals surface area contributed by atoms with E-state index in [1.807, 2.05) is 0 Å². The van der Waals surface area contributed by atoms with Gasteiger partial charge in [-0.2, -0.15) is 5.26 Å². The molecule has 0 atom stereocenters. The molecule has 136 valence electrons. The molecule has 2 aliphatic heterocycles. The van der Waals surface area contributed by atoms with Crippen molar-refractivity contribution in [3.8, 4) is 11.8 Å². The van der Waals surface area contributed by atoms with Crippen LogP contribution in [0.25, 0.3) is 11.6 Å². The van der Waals surface area contributed by atoms with Gasteiger partial charge in [-0.1, -0.05) is 12.2 Å². The zero-order valence-corrected chi connectivity index (χ0v) is 14.8. The Labute approximate surface area is 157 Å². The van der Waals surface area contributed by atoms with Gasteiger partial charge in [0.25, 0.3) is 0 Å². The van der Waals surface area contributed by atoms with Crippen molar-refractivity contribution in [2.45, 2.75) is 25.3 Å². The van der Waals surface area contributed by atoms with Gasteiger partial charge in [-0.05, 0) is 30.3 Å². The molecular formula is C19H19BN4O3. The number of likely N-dealkylation sites (tertiary alicyclic amines) is 1. The molecule has 27 heavy (non-hydrogen) atoms. The molecule has 4 aliphatic rings. The number of fused-ring (bicyclic) bond motifs is 3. The number of nitrogens with zero attached hydrogens (tertiary/aromatic N) is 3. The number of aromatic nitrogens is 1. The first kappa shape index (κ1) is 16.4. The van der Waals surface area contributed by atoms with E-state index in [0.29, 0.717) is 18.8 Å². The molecule has 1 saturated carbocycles. The standard InChI is InChI=1S/C19H19BN4O3/c21-7-11-9-24(10-11)19(25)23-13-4-12(5-13)15-6-20(26)27-17-8-22-16-3-1-2-14(16)18(15)17/h1-2,6,8,11-13,26H,3-5,9-10H2,(H,23,25). The Kier molecular flexibility index (Phi) is 3.72. The Bertz CT molecular complexity index is 910. The van der Waals surface area contributed by atoms with Crippen LogP contribution in [0.4, 0.5) is 4.79 Å². The normalized spacial score (nSPS) is 25.4. The summed E-state index contributed by atoms with van der Waals surface area (Å²) in [5.41, 5.74) is 4.25. The van der Waals surface area contributed by atoms with E-state index in [4.69, 9.17) is 9.92 Å². The molecule has 0 radical (unpaired) electrons. The molecule has 0 unspecified atom stereocenters. The summed E-state index contributed by atoms with van der Waals surface area (Å²) in [6.45, 7) is 1.04. The second-order valence-corrected chi connectivity index (χ2v) is 7.64. The number of hydrogen-bond donors (Lipinski definition) is 2. The average molecular weight is 362 g/mol. The third kappa shape index (κ3) is 2.70. The van der Waals surface area contributed by atoms with Crippen LogP contribution in [0.1, 0.15) is 29.7 Å². The smallest absolute Gasteiger partial charge is 0.531 e. The Morgan fingerprint density at radius 2 is 2.26 bits per heavy atom. The summed E-state index contributed by atoms with van der Waals surface area (Å²) < 4.78 is 5.55. The maximum Gasteiger partial charge on any atom is 0.552 e. The van der Waals surface area contributed by atoms with Crippen molar-refractivity contribution >= 4 is 24.8 Å². The Balaban J connectivity index is 1.28. The van der Waals surface area contributed by atoms with Crippen molar-refractivity contribution in [1.29, 1.82) is 5.26 Å². The summed E-state index contributed by atoms with van der Waals surface area (Å²) in [6.07, 6.45) is 8.35. The first-order valence-electron chi connectivity index (χ1n) is 9.32. The van der Waals surface area contributed by atoms with Crippen molar-refractivity contribution < 1.29 is 14.5 Å². The quantitative estimate of drug-likeness (QED) is 0.775. The number of nitriles is 1. The van der Waals surface area contributed by atoms with Gasteiger partial charge in [0, 0.05) is 36.7 Å². The summed E-state index contributed by atoms with van der Waals surface area (Å²) in [7, 11) is -0.963. The number of allylic oxidation sites excluding steroid dienone is 2. The predicted molar refractivity (Wildman–Crippen MR) is 99.3 cm³/mol. The van der Waals surface area contributed by atoms with Crippen molar-refractivity contribution in [1.82, 2.24) is 15.2 Å². The van der Waals surface area contributed by atoms with Gasteiger partial charge in [0.2, 0.25) is 0 Å². The number of carbonyl (C=O) groups excluding carboxylic acids is 1. The maximum atomic E-state index is 12.2. The van der Waals surface area contributed by atoms with Gasteiger partial charge in [-0.25, -0.2) is 4.79 Å². The highest BCUT2D eigenvalue weighted by molar-refractivity contribution is 6.52. The lowest BCUT2D eigenvalue weighted by molar-refractivity contribution is 0.133. The number of pyridine rings is 1. The van der Waals surface area contributed by atoms with Gasteiger partial charge in [-0.3, -0.25) is 4.98 Å². The SMILES string of the molecule is N#CC1CN(C(=O)NC2CC(C3=CB(O)Oc4cnc5c(c43)C=CC5)C2)C1. The molecule has 8 heteroatoms. The third-order valence-corrected chi connectivity index (χ3v) is 5.88. The fourth-order valence-corrected chi connectivity index (χ4v) is 4.29. The zero-order valence-electron chi connectivity index (χ0n) is 14.8. The zero-order chi connectivity index (χ0) is 18.5. The molecule has 2 N–H and O–H groups in total. The van der Waals surface area contributed by atoms with Crippen molar-refractivity contribution in [2.75, 3.05) is 13.1 Å². The van der Waals surface area contributed by atoms with Crippen LogP contribution in [0.3, 0.4) is 0 Å². The molecule has 1 aromatic heterocycles. The first-order chi connectivity index (χ1) is 13.1. The van der Waals surface area contributed by atoms with Crippen LogP contribution in [-0.2, 0) is 6.42 Å². The number of amides is 2. The van der Waals surface area contributed by atoms with Crippen LogP contribution in [0.15, 0.2) is 18.2 Å². The van der Waals surface area contributed by atoms with Crippen LogP contribution < -0.4 is 9.97 Å². The second-order valence-electron chi connectivity index (χ2n) is 7.64. The molecule has 2 fully saturated rings. The van der Waals surface area contributed by atoms with Crippen LogP contribution in [-0.4, -0.2) is 47.2 Å². The van der Waals surface area contributed by atoms with Gasteiger partial charge in [0.15, 0.2) is 0 Å². The van der Waals surface area contributed by atoms with E-state index >= 15 is 0 Å².